The Kier molecular flexibility index (Phi) is 8.54. The minimum absolute atomic E-state index is 0.266. The molecule has 1 heterocycles. The maximum atomic E-state index is 12.4. The van der Waals surface area contributed by atoms with Gasteiger partial charge in [0.2, 0.25) is 15.9 Å². The molecular formula is C19H32N4O5S. The molecule has 2 rings (SSSR count). The molecule has 0 saturated carbocycles. The van der Waals surface area contributed by atoms with Gasteiger partial charge in [0.05, 0.1) is 26.2 Å². The number of hydrogen-bond donors (Lipinski definition) is 1. The number of rotatable bonds is 10. The quantitative estimate of drug-likeness (QED) is 0.533. The normalized spacial score (nSPS) is 15.7. The van der Waals surface area contributed by atoms with Crippen molar-refractivity contribution in [2.24, 2.45) is 0 Å². The molecule has 0 atom stereocenters. The molecule has 1 aromatic carbocycles. The molecule has 0 aromatic heterocycles. The molecule has 164 valence electrons. The van der Waals surface area contributed by atoms with Gasteiger partial charge in [-0.1, -0.05) is 0 Å². The molecule has 1 saturated heterocycles. The Hall–Kier alpha value is -2.04. The lowest BCUT2D eigenvalue weighted by atomic mass is 10.2. The number of piperazine rings is 1. The Labute approximate surface area is 173 Å². The topological polar surface area (TPSA) is 91.4 Å². The molecule has 0 aliphatic carbocycles. The summed E-state index contributed by atoms with van der Waals surface area (Å²) >= 11 is 0. The van der Waals surface area contributed by atoms with E-state index in [1.54, 1.807) is 18.2 Å². The highest BCUT2D eigenvalue weighted by Crippen LogP contribution is 2.33. The zero-order valence-corrected chi connectivity index (χ0v) is 18.5. The summed E-state index contributed by atoms with van der Waals surface area (Å²) in [5, 5.41) is 2.82. The van der Waals surface area contributed by atoms with Gasteiger partial charge in [-0.2, -0.15) is 0 Å². The first kappa shape index (κ1) is 23.2. The molecule has 1 aliphatic heterocycles. The molecular weight excluding hydrogens is 396 g/mol. The third-order valence-electron chi connectivity index (χ3n) is 4.91. The third-order valence-corrected chi connectivity index (χ3v) is 6.04. The molecule has 0 bridgehead atoms. The van der Waals surface area contributed by atoms with Gasteiger partial charge < -0.3 is 24.6 Å². The number of benzene rings is 1. The number of anilines is 1. The number of sulfonamides is 1. The maximum absolute atomic E-state index is 12.4. The van der Waals surface area contributed by atoms with Crippen molar-refractivity contribution < 1.29 is 22.7 Å². The van der Waals surface area contributed by atoms with Gasteiger partial charge in [0, 0.05) is 38.8 Å². The Morgan fingerprint density at radius 1 is 1.17 bits per heavy atom. The van der Waals surface area contributed by atoms with E-state index in [1.807, 2.05) is 0 Å². The first-order valence-corrected chi connectivity index (χ1v) is 11.5. The molecule has 1 aromatic rings. The number of methoxy groups -OCH3 is 2. The summed E-state index contributed by atoms with van der Waals surface area (Å²) < 4.78 is 36.2. The first-order valence-electron chi connectivity index (χ1n) is 9.62. The van der Waals surface area contributed by atoms with Crippen LogP contribution >= 0.6 is 0 Å². The van der Waals surface area contributed by atoms with Crippen LogP contribution in [0.5, 0.6) is 11.5 Å². The third kappa shape index (κ3) is 7.06. The second-order valence-corrected chi connectivity index (χ2v) is 9.06. The van der Waals surface area contributed by atoms with Crippen molar-refractivity contribution >= 4 is 21.6 Å². The van der Waals surface area contributed by atoms with E-state index >= 15 is 0 Å². The van der Waals surface area contributed by atoms with E-state index in [1.165, 1.54) is 14.2 Å². The summed E-state index contributed by atoms with van der Waals surface area (Å²) in [5.41, 5.74) is 0.266. The van der Waals surface area contributed by atoms with Crippen LogP contribution in [-0.4, -0.2) is 97.5 Å². The highest BCUT2D eigenvalue weighted by molar-refractivity contribution is 7.92. The molecule has 0 radical (unpaired) electrons. The smallest absolute Gasteiger partial charge is 0.240 e. The van der Waals surface area contributed by atoms with Gasteiger partial charge in [-0.15, -0.1) is 0 Å². The van der Waals surface area contributed by atoms with Crippen molar-refractivity contribution in [3.63, 3.8) is 0 Å². The van der Waals surface area contributed by atoms with E-state index in [2.05, 4.69) is 22.2 Å². The largest absolute Gasteiger partial charge is 0.497 e. The zero-order chi connectivity index (χ0) is 21.4. The first-order chi connectivity index (χ1) is 13.7. The van der Waals surface area contributed by atoms with Gasteiger partial charge in [0.1, 0.15) is 18.0 Å². The van der Waals surface area contributed by atoms with Crippen molar-refractivity contribution in [1.82, 2.24) is 15.1 Å². The number of hydrogen-bond acceptors (Lipinski definition) is 7. The number of carbonyl (C=O) groups excluding carboxylic acids is 1. The SMILES string of the molecule is COc1ccc(OC)c(N(CC(=O)NCCCN2CCN(C)CC2)S(C)(=O)=O)c1. The average Bonchev–Trinajstić information content (AvgIpc) is 2.69. The van der Waals surface area contributed by atoms with Crippen molar-refractivity contribution in [2.45, 2.75) is 6.42 Å². The van der Waals surface area contributed by atoms with Crippen LogP contribution in [0.25, 0.3) is 0 Å². The summed E-state index contributed by atoms with van der Waals surface area (Å²) in [7, 11) is 1.35. The van der Waals surface area contributed by atoms with Crippen LogP contribution in [0.3, 0.4) is 0 Å². The Bertz CT molecular complexity index is 779. The van der Waals surface area contributed by atoms with E-state index in [-0.39, 0.29) is 18.1 Å². The Balaban J connectivity index is 1.94. The van der Waals surface area contributed by atoms with Crippen molar-refractivity contribution in [1.29, 1.82) is 0 Å². The monoisotopic (exact) mass is 428 g/mol. The Morgan fingerprint density at radius 3 is 2.45 bits per heavy atom. The van der Waals surface area contributed by atoms with Crippen LogP contribution in [-0.2, 0) is 14.8 Å². The summed E-state index contributed by atoms with van der Waals surface area (Å²) in [6, 6.07) is 4.82. The number of likely N-dealkylation sites (N-methyl/N-ethyl adjacent to an activating group) is 1. The van der Waals surface area contributed by atoms with Crippen LogP contribution in [0.4, 0.5) is 5.69 Å². The lowest BCUT2D eigenvalue weighted by molar-refractivity contribution is -0.119. The van der Waals surface area contributed by atoms with E-state index in [0.717, 1.165) is 49.7 Å². The number of nitrogens with one attached hydrogen (secondary N) is 1. The van der Waals surface area contributed by atoms with E-state index in [4.69, 9.17) is 9.47 Å². The van der Waals surface area contributed by atoms with Gasteiger partial charge in [-0.25, -0.2) is 8.42 Å². The van der Waals surface area contributed by atoms with Gasteiger partial charge in [-0.3, -0.25) is 9.10 Å². The number of carbonyl (C=O) groups is 1. The van der Waals surface area contributed by atoms with Crippen molar-refractivity contribution in [3.8, 4) is 11.5 Å². The Morgan fingerprint density at radius 2 is 1.86 bits per heavy atom. The average molecular weight is 429 g/mol. The molecule has 1 N–H and O–H groups in total. The molecule has 29 heavy (non-hydrogen) atoms. The van der Waals surface area contributed by atoms with E-state index in [9.17, 15) is 13.2 Å². The minimum Gasteiger partial charge on any atom is -0.497 e. The molecule has 1 amide bonds. The predicted molar refractivity (Wildman–Crippen MR) is 113 cm³/mol. The van der Waals surface area contributed by atoms with Gasteiger partial charge in [0.25, 0.3) is 0 Å². The zero-order valence-electron chi connectivity index (χ0n) is 17.7. The van der Waals surface area contributed by atoms with Crippen LogP contribution in [0.15, 0.2) is 18.2 Å². The summed E-state index contributed by atoms with van der Waals surface area (Å²) in [6.45, 7) is 5.25. The van der Waals surface area contributed by atoms with Gasteiger partial charge in [-0.05, 0) is 32.1 Å². The molecule has 9 nitrogen and oxygen atoms in total. The van der Waals surface area contributed by atoms with Crippen LogP contribution in [0.2, 0.25) is 0 Å². The van der Waals surface area contributed by atoms with Crippen molar-refractivity contribution in [2.75, 3.05) is 77.6 Å². The lowest BCUT2D eigenvalue weighted by Gasteiger charge is -2.32. The lowest BCUT2D eigenvalue weighted by Crippen LogP contribution is -2.45. The van der Waals surface area contributed by atoms with Crippen LogP contribution in [0.1, 0.15) is 6.42 Å². The fraction of sp³-hybridized carbons (Fsp3) is 0.632. The van der Waals surface area contributed by atoms with E-state index in [0.29, 0.717) is 18.0 Å². The second kappa shape index (κ2) is 10.7. The second-order valence-electron chi connectivity index (χ2n) is 7.16. The molecule has 0 unspecified atom stereocenters. The maximum Gasteiger partial charge on any atom is 0.240 e. The molecule has 10 heteroatoms. The summed E-state index contributed by atoms with van der Waals surface area (Å²) in [4.78, 5) is 17.1. The summed E-state index contributed by atoms with van der Waals surface area (Å²) in [5.74, 6) is 0.458. The minimum atomic E-state index is -3.70. The molecule has 1 fully saturated rings. The van der Waals surface area contributed by atoms with Gasteiger partial charge >= 0.3 is 0 Å². The number of amides is 1. The predicted octanol–water partition coefficient (Wildman–Crippen LogP) is 0.224. The van der Waals surface area contributed by atoms with Gasteiger partial charge in [0.15, 0.2) is 0 Å². The molecule has 1 aliphatic rings. The number of ether oxygens (including phenoxy) is 2. The fourth-order valence-electron chi connectivity index (χ4n) is 3.16. The molecule has 0 spiro atoms. The number of nitrogens with zero attached hydrogens (tertiary/aromatic N) is 3. The van der Waals surface area contributed by atoms with Crippen LogP contribution in [0, 0.1) is 0 Å². The van der Waals surface area contributed by atoms with E-state index < -0.39 is 10.0 Å². The fourth-order valence-corrected chi connectivity index (χ4v) is 4.01. The van der Waals surface area contributed by atoms with Crippen molar-refractivity contribution in [3.05, 3.63) is 18.2 Å². The van der Waals surface area contributed by atoms with Crippen LogP contribution < -0.4 is 19.1 Å². The highest BCUT2D eigenvalue weighted by atomic mass is 32.2. The summed E-state index contributed by atoms with van der Waals surface area (Å²) in [6.07, 6.45) is 1.88. The standard InChI is InChI=1S/C19H32N4O5S/c1-21-10-12-22(13-11-21)9-5-8-20-19(24)15-23(29(4,25)26)17-14-16(27-2)6-7-18(17)28-3/h6-7,14H,5,8-13,15H2,1-4H3,(H,20,24). The highest BCUT2D eigenvalue weighted by Gasteiger charge is 2.24.